The molecule has 2 heterocycles. The van der Waals surface area contributed by atoms with Gasteiger partial charge in [0.05, 0.1) is 0 Å². The van der Waals surface area contributed by atoms with E-state index in [1.165, 1.54) is 7.05 Å². The van der Waals surface area contributed by atoms with E-state index >= 15 is 0 Å². The van der Waals surface area contributed by atoms with E-state index in [4.69, 9.17) is 5.11 Å². The van der Waals surface area contributed by atoms with Gasteiger partial charge in [-0.3, -0.25) is 0 Å². The maximum atomic E-state index is 12.5. The van der Waals surface area contributed by atoms with Crippen LogP contribution < -0.4 is 5.32 Å². The predicted octanol–water partition coefficient (Wildman–Crippen LogP) is 1.49. The van der Waals surface area contributed by atoms with Gasteiger partial charge in [-0.25, -0.2) is 9.78 Å². The third-order valence-corrected chi connectivity index (χ3v) is 2.19. The molecule has 0 aromatic carbocycles. The smallest absolute Gasteiger partial charge is 0.435 e. The second-order valence-electron chi connectivity index (χ2n) is 3.38. The molecule has 96 valence electrons. The van der Waals surface area contributed by atoms with Crippen molar-refractivity contribution in [3.8, 4) is 0 Å². The van der Waals surface area contributed by atoms with Crippen molar-refractivity contribution in [1.29, 1.82) is 0 Å². The molecular weight excluding hydrogens is 253 g/mol. The fourth-order valence-electron chi connectivity index (χ4n) is 1.40. The van der Waals surface area contributed by atoms with Crippen molar-refractivity contribution >= 4 is 17.4 Å². The molecule has 0 aliphatic carbocycles. The predicted molar refractivity (Wildman–Crippen MR) is 54.5 cm³/mol. The Balaban J connectivity index is 2.71. The summed E-state index contributed by atoms with van der Waals surface area (Å²) in [6.45, 7) is 0. The van der Waals surface area contributed by atoms with Gasteiger partial charge in [0, 0.05) is 19.2 Å². The Morgan fingerprint density at radius 2 is 2.11 bits per heavy atom. The quantitative estimate of drug-likeness (QED) is 0.855. The lowest BCUT2D eigenvalue weighted by Crippen LogP contribution is -2.08. The Kier molecular flexibility index (Phi) is 2.60. The molecule has 18 heavy (non-hydrogen) atoms. The Morgan fingerprint density at radius 3 is 2.61 bits per heavy atom. The number of alkyl halides is 3. The zero-order chi connectivity index (χ0) is 13.5. The first kappa shape index (κ1) is 12.1. The highest BCUT2D eigenvalue weighted by molar-refractivity contribution is 5.87. The van der Waals surface area contributed by atoms with Gasteiger partial charge in [-0.1, -0.05) is 0 Å². The van der Waals surface area contributed by atoms with E-state index in [1.807, 2.05) is 0 Å². The molecule has 2 N–H and O–H groups in total. The van der Waals surface area contributed by atoms with Crippen LogP contribution >= 0.6 is 0 Å². The Labute approximate surface area is 98.1 Å². The summed E-state index contributed by atoms with van der Waals surface area (Å²) in [5, 5.41) is 14.7. The highest BCUT2D eigenvalue weighted by Crippen LogP contribution is 2.29. The number of halogens is 3. The number of hydrogen-bond donors (Lipinski definition) is 2. The molecule has 2 aromatic rings. The van der Waals surface area contributed by atoms with Crippen LogP contribution in [0.5, 0.6) is 0 Å². The number of aromatic nitrogens is 3. The van der Waals surface area contributed by atoms with Crippen molar-refractivity contribution in [3.05, 3.63) is 23.5 Å². The number of rotatable bonds is 2. The number of fused-ring (bicyclic) bond motifs is 1. The van der Waals surface area contributed by atoms with Gasteiger partial charge < -0.3 is 10.4 Å². The van der Waals surface area contributed by atoms with Crippen molar-refractivity contribution in [3.63, 3.8) is 0 Å². The Morgan fingerprint density at radius 1 is 1.44 bits per heavy atom. The molecule has 0 unspecified atom stereocenters. The molecule has 0 bridgehead atoms. The Bertz CT molecular complexity index is 620. The summed E-state index contributed by atoms with van der Waals surface area (Å²) >= 11 is 0. The summed E-state index contributed by atoms with van der Waals surface area (Å²) in [5.41, 5.74) is -1.68. The summed E-state index contributed by atoms with van der Waals surface area (Å²) in [5.74, 6) is -1.23. The molecular formula is C9H7F3N4O2. The molecule has 0 aliphatic rings. The first-order valence-electron chi connectivity index (χ1n) is 4.72. The largest absolute Gasteiger partial charge is 0.477 e. The topological polar surface area (TPSA) is 79.5 Å². The summed E-state index contributed by atoms with van der Waals surface area (Å²) < 4.78 is 38.3. The molecule has 0 radical (unpaired) electrons. The maximum absolute atomic E-state index is 12.5. The minimum atomic E-state index is -4.61. The van der Waals surface area contributed by atoms with Crippen LogP contribution in [0, 0.1) is 0 Å². The van der Waals surface area contributed by atoms with Crippen LogP contribution in [0.4, 0.5) is 19.0 Å². The van der Waals surface area contributed by atoms with Gasteiger partial charge in [0.2, 0.25) is 0 Å². The van der Waals surface area contributed by atoms with Gasteiger partial charge in [0.15, 0.2) is 17.0 Å². The minimum absolute atomic E-state index is 0.105. The van der Waals surface area contributed by atoms with Gasteiger partial charge >= 0.3 is 12.1 Å². The summed E-state index contributed by atoms with van der Waals surface area (Å²) in [6.07, 6.45) is -4.61. The van der Waals surface area contributed by atoms with Gasteiger partial charge in [-0.2, -0.15) is 22.8 Å². The number of hydrogen-bond acceptors (Lipinski definition) is 4. The third-order valence-electron chi connectivity index (χ3n) is 2.19. The normalized spacial score (nSPS) is 11.8. The number of carbonyl (C=O) groups is 1. The molecule has 0 amide bonds. The van der Waals surface area contributed by atoms with Gasteiger partial charge in [0.1, 0.15) is 5.82 Å². The van der Waals surface area contributed by atoms with Crippen LogP contribution in [0.2, 0.25) is 0 Å². The molecule has 9 heteroatoms. The zero-order valence-corrected chi connectivity index (χ0v) is 8.99. The van der Waals surface area contributed by atoms with Crippen molar-refractivity contribution < 1.29 is 23.1 Å². The number of nitrogens with zero attached hydrogens (tertiary/aromatic N) is 3. The SMILES string of the molecule is CNc1cc(C(=O)O)nc2cc(C(F)(F)F)nn12. The highest BCUT2D eigenvalue weighted by atomic mass is 19.4. The number of anilines is 1. The van der Waals surface area contributed by atoms with Crippen LogP contribution in [0.3, 0.4) is 0 Å². The fourth-order valence-corrected chi connectivity index (χ4v) is 1.40. The van der Waals surface area contributed by atoms with Crippen molar-refractivity contribution in [1.82, 2.24) is 14.6 Å². The van der Waals surface area contributed by atoms with E-state index in [2.05, 4.69) is 15.4 Å². The zero-order valence-electron chi connectivity index (χ0n) is 8.99. The van der Waals surface area contributed by atoms with E-state index in [1.54, 1.807) is 0 Å². The minimum Gasteiger partial charge on any atom is -0.477 e. The summed E-state index contributed by atoms with van der Waals surface area (Å²) in [7, 11) is 1.44. The van der Waals surface area contributed by atoms with Gasteiger partial charge in [0.25, 0.3) is 0 Å². The average Bonchev–Trinajstić information content (AvgIpc) is 2.70. The molecule has 0 spiro atoms. The molecule has 0 atom stereocenters. The lowest BCUT2D eigenvalue weighted by atomic mass is 10.3. The van der Waals surface area contributed by atoms with Crippen LogP contribution in [0.15, 0.2) is 12.1 Å². The molecule has 0 fully saturated rings. The summed E-state index contributed by atoms with van der Waals surface area (Å²) in [6, 6.07) is 1.79. The highest BCUT2D eigenvalue weighted by Gasteiger charge is 2.34. The average molecular weight is 260 g/mol. The second-order valence-corrected chi connectivity index (χ2v) is 3.38. The first-order chi connectivity index (χ1) is 8.32. The molecule has 2 aromatic heterocycles. The van der Waals surface area contributed by atoms with E-state index in [9.17, 15) is 18.0 Å². The monoisotopic (exact) mass is 260 g/mol. The second kappa shape index (κ2) is 3.86. The summed E-state index contributed by atoms with van der Waals surface area (Å²) in [4.78, 5) is 14.4. The number of nitrogens with one attached hydrogen (secondary N) is 1. The van der Waals surface area contributed by atoms with Crippen LogP contribution in [0.1, 0.15) is 16.2 Å². The van der Waals surface area contributed by atoms with Crippen molar-refractivity contribution in [2.45, 2.75) is 6.18 Å². The van der Waals surface area contributed by atoms with Crippen LogP contribution in [0.25, 0.3) is 5.65 Å². The number of carboxylic acid groups (broad SMARTS) is 1. The van der Waals surface area contributed by atoms with Gasteiger partial charge in [-0.05, 0) is 0 Å². The van der Waals surface area contributed by atoms with Crippen molar-refractivity contribution in [2.24, 2.45) is 0 Å². The van der Waals surface area contributed by atoms with E-state index < -0.39 is 17.8 Å². The van der Waals surface area contributed by atoms with Crippen molar-refractivity contribution in [2.75, 3.05) is 12.4 Å². The maximum Gasteiger partial charge on any atom is 0.435 e. The first-order valence-corrected chi connectivity index (χ1v) is 4.72. The molecule has 0 saturated heterocycles. The van der Waals surface area contributed by atoms with Gasteiger partial charge in [-0.15, -0.1) is 0 Å². The Hall–Kier alpha value is -2.32. The number of aromatic carboxylic acids is 1. The van der Waals surface area contributed by atoms with E-state index in [0.29, 0.717) is 6.07 Å². The molecule has 0 aliphatic heterocycles. The van der Waals surface area contributed by atoms with Crippen LogP contribution in [-0.2, 0) is 6.18 Å². The molecule has 2 rings (SSSR count). The third kappa shape index (κ3) is 1.94. The molecule has 6 nitrogen and oxygen atoms in total. The lowest BCUT2D eigenvalue weighted by Gasteiger charge is -2.04. The van der Waals surface area contributed by atoms with Crippen LogP contribution in [-0.4, -0.2) is 32.7 Å². The fraction of sp³-hybridized carbons (Fsp3) is 0.222. The number of carboxylic acids is 1. The standard InChI is InChI=1S/C9H7F3N4O2/c1-13-6-2-4(8(17)18)14-7-3-5(9(10,11)12)15-16(6)7/h2-3,13H,1H3,(H,17,18). The molecule has 0 saturated carbocycles. The van der Waals surface area contributed by atoms with E-state index in [0.717, 1.165) is 10.6 Å². The van der Waals surface area contributed by atoms with E-state index in [-0.39, 0.29) is 17.2 Å². The lowest BCUT2D eigenvalue weighted by molar-refractivity contribution is -0.141.